The molecule has 1 aromatic heterocycles. The lowest BCUT2D eigenvalue weighted by Gasteiger charge is -2.03. The number of H-pyrrole nitrogens is 1. The minimum Gasteiger partial charge on any atom is -0.494 e. The average molecular weight is 369 g/mol. The monoisotopic (exact) mass is 368 g/mol. The first-order valence-corrected chi connectivity index (χ1v) is 8.41. The van der Waals surface area contributed by atoms with E-state index >= 15 is 0 Å². The zero-order valence-electron chi connectivity index (χ0n) is 14.1. The lowest BCUT2D eigenvalue weighted by molar-refractivity contribution is 0.0950. The van der Waals surface area contributed by atoms with Gasteiger partial charge in [0.1, 0.15) is 11.4 Å². The highest BCUT2D eigenvalue weighted by molar-refractivity contribution is 6.30. The third-order valence-corrected chi connectivity index (χ3v) is 3.76. The van der Waals surface area contributed by atoms with Crippen molar-refractivity contribution < 1.29 is 9.53 Å². The number of nitrogens with one attached hydrogen (secondary N) is 2. The fourth-order valence-electron chi connectivity index (χ4n) is 2.27. The van der Waals surface area contributed by atoms with Crippen LogP contribution in [0.5, 0.6) is 5.75 Å². The molecule has 0 spiro atoms. The number of benzene rings is 2. The van der Waals surface area contributed by atoms with E-state index in [0.717, 1.165) is 16.9 Å². The molecule has 0 aliphatic rings. The van der Waals surface area contributed by atoms with Gasteiger partial charge in [-0.2, -0.15) is 10.2 Å². The van der Waals surface area contributed by atoms with Crippen LogP contribution in [0, 0.1) is 0 Å². The van der Waals surface area contributed by atoms with Crippen molar-refractivity contribution >= 4 is 23.7 Å². The van der Waals surface area contributed by atoms with Crippen LogP contribution in [0.3, 0.4) is 0 Å². The van der Waals surface area contributed by atoms with E-state index in [1.165, 1.54) is 6.21 Å². The number of amides is 1. The molecule has 2 N–H and O–H groups in total. The molecule has 2 aromatic carbocycles. The van der Waals surface area contributed by atoms with Gasteiger partial charge >= 0.3 is 0 Å². The lowest BCUT2D eigenvalue weighted by Crippen LogP contribution is -2.17. The summed E-state index contributed by atoms with van der Waals surface area (Å²) in [5, 5.41) is 11.5. The first-order valence-electron chi connectivity index (χ1n) is 8.03. The van der Waals surface area contributed by atoms with E-state index in [2.05, 4.69) is 20.7 Å². The third-order valence-electron chi connectivity index (χ3n) is 3.51. The summed E-state index contributed by atoms with van der Waals surface area (Å²) in [6, 6.07) is 16.3. The fourth-order valence-corrected chi connectivity index (χ4v) is 2.40. The molecule has 0 fully saturated rings. The van der Waals surface area contributed by atoms with Gasteiger partial charge in [-0.15, -0.1) is 0 Å². The highest BCUT2D eigenvalue weighted by atomic mass is 35.5. The zero-order valence-corrected chi connectivity index (χ0v) is 14.8. The van der Waals surface area contributed by atoms with Crippen molar-refractivity contribution in [3.63, 3.8) is 0 Å². The van der Waals surface area contributed by atoms with Crippen LogP contribution in [0.1, 0.15) is 23.0 Å². The van der Waals surface area contributed by atoms with Crippen LogP contribution in [0.25, 0.3) is 11.3 Å². The van der Waals surface area contributed by atoms with Crippen molar-refractivity contribution in [1.82, 2.24) is 15.6 Å². The molecule has 132 valence electrons. The minimum atomic E-state index is -0.380. The van der Waals surface area contributed by atoms with Crippen molar-refractivity contribution in [2.45, 2.75) is 6.92 Å². The van der Waals surface area contributed by atoms with E-state index in [9.17, 15) is 4.79 Å². The number of aromatic nitrogens is 2. The van der Waals surface area contributed by atoms with E-state index in [0.29, 0.717) is 23.0 Å². The summed E-state index contributed by atoms with van der Waals surface area (Å²) in [6.07, 6.45) is 1.54. The highest BCUT2D eigenvalue weighted by Gasteiger charge is 2.11. The first kappa shape index (κ1) is 17.7. The molecule has 0 radical (unpaired) electrons. The van der Waals surface area contributed by atoms with E-state index in [1.54, 1.807) is 30.3 Å². The molecule has 0 unspecified atom stereocenters. The van der Waals surface area contributed by atoms with Gasteiger partial charge in [0.15, 0.2) is 0 Å². The second-order valence-corrected chi connectivity index (χ2v) is 5.81. The fraction of sp³-hybridized carbons (Fsp3) is 0.105. The Morgan fingerprint density at radius 1 is 1.27 bits per heavy atom. The Bertz CT molecular complexity index is 919. The van der Waals surface area contributed by atoms with Crippen LogP contribution in [-0.4, -0.2) is 28.9 Å². The number of carbonyl (C=O) groups excluding carboxylic acids is 1. The molecular formula is C19H17ClN4O2. The Kier molecular flexibility index (Phi) is 5.66. The maximum Gasteiger partial charge on any atom is 0.289 e. The minimum absolute atomic E-state index is 0.315. The molecule has 0 bridgehead atoms. The third kappa shape index (κ3) is 4.49. The maximum absolute atomic E-state index is 12.2. The summed E-state index contributed by atoms with van der Waals surface area (Å²) in [7, 11) is 0. The molecule has 0 aliphatic carbocycles. The number of hydrogen-bond acceptors (Lipinski definition) is 4. The van der Waals surface area contributed by atoms with Crippen molar-refractivity contribution in [1.29, 1.82) is 0 Å². The number of carbonyl (C=O) groups is 1. The SMILES string of the molecule is CCOc1cccc(-c2cc(C(=O)N/N=C\c3ccc(Cl)cc3)[nH]n2)c1. The zero-order chi connectivity index (χ0) is 18.4. The average Bonchev–Trinajstić information content (AvgIpc) is 3.14. The summed E-state index contributed by atoms with van der Waals surface area (Å²) in [5.74, 6) is 0.376. The molecule has 3 aromatic rings. The normalized spacial score (nSPS) is 10.8. The van der Waals surface area contributed by atoms with Gasteiger partial charge in [0, 0.05) is 10.6 Å². The number of ether oxygens (including phenoxy) is 1. The summed E-state index contributed by atoms with van der Waals surface area (Å²) in [6.45, 7) is 2.51. The van der Waals surface area contributed by atoms with Gasteiger partial charge in [0.2, 0.25) is 0 Å². The standard InChI is InChI=1S/C19H17ClN4O2/c1-2-26-16-5-3-4-14(10-16)17-11-18(23-22-17)19(25)24-21-12-13-6-8-15(20)9-7-13/h3-12H,2H2,1H3,(H,22,23)(H,24,25)/b21-12-. The topological polar surface area (TPSA) is 79.4 Å². The maximum atomic E-state index is 12.2. The molecule has 0 atom stereocenters. The highest BCUT2D eigenvalue weighted by Crippen LogP contribution is 2.22. The van der Waals surface area contributed by atoms with Crippen LogP contribution >= 0.6 is 11.6 Å². The molecular weight excluding hydrogens is 352 g/mol. The van der Waals surface area contributed by atoms with Crippen LogP contribution < -0.4 is 10.2 Å². The molecule has 1 amide bonds. The summed E-state index contributed by atoms with van der Waals surface area (Å²) >= 11 is 5.82. The van der Waals surface area contributed by atoms with Gasteiger partial charge in [-0.25, -0.2) is 5.43 Å². The van der Waals surface area contributed by atoms with Crippen LogP contribution in [-0.2, 0) is 0 Å². The second kappa shape index (κ2) is 8.31. The quantitative estimate of drug-likeness (QED) is 0.511. The Morgan fingerprint density at radius 2 is 2.08 bits per heavy atom. The Morgan fingerprint density at radius 3 is 2.85 bits per heavy atom. The number of hydrazone groups is 1. The van der Waals surface area contributed by atoms with Gasteiger partial charge < -0.3 is 4.74 Å². The second-order valence-electron chi connectivity index (χ2n) is 5.38. The Balaban J connectivity index is 1.66. The molecule has 6 nitrogen and oxygen atoms in total. The number of aromatic amines is 1. The lowest BCUT2D eigenvalue weighted by atomic mass is 10.1. The predicted molar refractivity (Wildman–Crippen MR) is 102 cm³/mol. The van der Waals surface area contributed by atoms with E-state index in [4.69, 9.17) is 16.3 Å². The van der Waals surface area contributed by atoms with Gasteiger partial charge in [0.05, 0.1) is 18.5 Å². The number of halogens is 1. The van der Waals surface area contributed by atoms with Crippen LogP contribution in [0.15, 0.2) is 59.7 Å². The smallest absolute Gasteiger partial charge is 0.289 e. The van der Waals surface area contributed by atoms with Crippen molar-refractivity contribution in [2.75, 3.05) is 6.61 Å². The molecule has 1 heterocycles. The van der Waals surface area contributed by atoms with E-state index in [-0.39, 0.29) is 5.91 Å². The Labute approximate surface area is 155 Å². The van der Waals surface area contributed by atoms with Gasteiger partial charge in [0.25, 0.3) is 5.91 Å². The molecule has 7 heteroatoms. The number of nitrogens with zero attached hydrogens (tertiary/aromatic N) is 2. The summed E-state index contributed by atoms with van der Waals surface area (Å²) in [5.41, 5.74) is 5.11. The molecule has 0 saturated carbocycles. The van der Waals surface area contributed by atoms with Crippen molar-refractivity contribution in [2.24, 2.45) is 5.10 Å². The first-order chi connectivity index (χ1) is 12.7. The van der Waals surface area contributed by atoms with Crippen molar-refractivity contribution in [3.8, 4) is 17.0 Å². The van der Waals surface area contributed by atoms with Crippen molar-refractivity contribution in [3.05, 3.63) is 70.9 Å². The predicted octanol–water partition coefficient (Wildman–Crippen LogP) is 3.89. The van der Waals surface area contributed by atoms with Gasteiger partial charge in [-0.3, -0.25) is 9.89 Å². The van der Waals surface area contributed by atoms with Crippen LogP contribution in [0.4, 0.5) is 0 Å². The largest absolute Gasteiger partial charge is 0.494 e. The number of rotatable bonds is 6. The van der Waals surface area contributed by atoms with Crippen LogP contribution in [0.2, 0.25) is 5.02 Å². The van der Waals surface area contributed by atoms with E-state index in [1.807, 2.05) is 31.2 Å². The summed E-state index contributed by atoms with van der Waals surface area (Å²) in [4.78, 5) is 12.2. The van der Waals surface area contributed by atoms with E-state index < -0.39 is 0 Å². The molecule has 0 aliphatic heterocycles. The molecule has 3 rings (SSSR count). The Hall–Kier alpha value is -3.12. The molecule has 0 saturated heterocycles. The molecule has 26 heavy (non-hydrogen) atoms. The van der Waals surface area contributed by atoms with Gasteiger partial charge in [-0.05, 0) is 42.8 Å². The van der Waals surface area contributed by atoms with Gasteiger partial charge in [-0.1, -0.05) is 35.9 Å². The number of hydrogen-bond donors (Lipinski definition) is 2. The summed E-state index contributed by atoms with van der Waals surface area (Å²) < 4.78 is 5.48.